The molecule has 21 nitrogen and oxygen atoms in total. The molecule has 0 aliphatic heterocycles. The van der Waals surface area contributed by atoms with Crippen molar-refractivity contribution in [3.8, 4) is 0 Å². The SMILES string of the molecule is CC1(C)CC(=O)C2=C(CCC2(C)O)C1.CC1(C)CC(=O)CC(=O)C1.CC1(C)CC(=O)c2c(C(=O)O)c[nH]c2C1.CC1(C)CC(=O)c2c(C([NH-])=O)c[nH]c2C1.Cc1c[nH]c2c1C(=O)CC(C)(C)C2.Cc1coc2c1C(=O)CC(C)(C)C2.ClC(Cl)Cl.Cn1cc(C([NH-])=O)c2c1CC(C)(C)CC2=O.[NH2-].[W].[W].[W]. The molecule has 2 amide bonds. The fourth-order valence-electron chi connectivity index (χ4n) is 15.3. The molecule has 0 aromatic carbocycles. The van der Waals surface area contributed by atoms with Gasteiger partial charge in [-0.15, -0.1) is 0 Å². The number of nitrogens with one attached hydrogen (secondary N) is 5. The molecular weight excluding hydrogens is 1900 g/mol. The third kappa shape index (κ3) is 24.9. The second-order valence-electron chi connectivity index (χ2n) is 34.0. The van der Waals surface area contributed by atoms with E-state index in [1.54, 1.807) is 24.0 Å². The molecule has 13 rings (SSSR count). The van der Waals surface area contributed by atoms with Gasteiger partial charge in [-0.25, -0.2) is 4.79 Å². The number of carboxylic acids is 1. The summed E-state index contributed by atoms with van der Waals surface area (Å²) < 4.78 is 6.42. The van der Waals surface area contributed by atoms with Crippen molar-refractivity contribution < 1.29 is 131 Å². The first-order chi connectivity index (χ1) is 45.7. The molecule has 5 aromatic heterocycles. The number of halogens is 3. The maximum atomic E-state index is 12.0. The zero-order chi connectivity index (χ0) is 75.7. The van der Waals surface area contributed by atoms with E-state index in [0.717, 1.165) is 108 Å². The molecule has 9 N–H and O–H groups in total. The number of aryl methyl sites for hydroxylation is 3. The largest absolute Gasteiger partial charge is 0.693 e. The quantitative estimate of drug-likeness (QED) is 0.0828. The second-order valence-corrected chi connectivity index (χ2v) is 36.0. The van der Waals surface area contributed by atoms with E-state index in [-0.39, 0.29) is 171 Å². The number of ketones is 8. The summed E-state index contributed by atoms with van der Waals surface area (Å²) >= 11 is 14.4. The molecule has 5 aromatic rings. The van der Waals surface area contributed by atoms with Gasteiger partial charge in [0.05, 0.1) is 46.8 Å². The van der Waals surface area contributed by atoms with Crippen molar-refractivity contribution >= 4 is 98.9 Å². The van der Waals surface area contributed by atoms with Crippen molar-refractivity contribution in [2.24, 2.45) is 45.0 Å². The smallest absolute Gasteiger partial charge is 0.337 e. The summed E-state index contributed by atoms with van der Waals surface area (Å²) in [6.45, 7) is 34.5. The number of hydrogen-bond acceptors (Lipinski definition) is 13. The van der Waals surface area contributed by atoms with Crippen LogP contribution >= 0.6 is 34.8 Å². The standard InChI is InChI=1S/C12H16N2O2.C12H18O2.C11H14N2O2.C11H13NO3.C11H15NO.C11H14O2.C8H12O2.CHCl3.H2N.3W/c1-12(2)4-8-10(9(15)5-12)7(11(13)16)6-14(8)3;1-11(2)6-8-4-5-12(3,14)10(8)9(13)7-11;1-11(2)3-7-9(8(14)4-11)6(5-13-7)10(12)15;1-11(2)3-7-9(8(13)4-11)6(5-12-7)10(14)15;1-7-6-12-8-4-11(2,3)5-9(13)10(7)8;1-7-6-13-9-5-11(2,3)4-8(12)10(7)9;1-8(2)4-6(9)3-7(10)5-8;2-1(3)4;;;;/h6H,4-5H2,1-3H3,(H2,13,16);14H,4-7H2,1-3H3;5H,3-4H2,1-2H3,(H3,12,13,14,15);5,12H,3-4H2,1-2H3,(H,14,15);6,12H,4-5H2,1-3H3;6H,4-5H2,1-3H3;3-5H2,1-2H3;1H;1H2;;;/q;;;;;;;;-1;;;/p-2. The zero-order valence-corrected chi connectivity index (χ0v) is 74.2. The maximum Gasteiger partial charge on any atom is 0.337 e. The van der Waals surface area contributed by atoms with E-state index in [1.165, 1.54) is 18.0 Å². The van der Waals surface area contributed by atoms with Crippen LogP contribution in [0.4, 0.5) is 0 Å². The predicted molar refractivity (Wildman–Crippen MR) is 392 cm³/mol. The Morgan fingerprint density at radius 2 is 0.837 bits per heavy atom. The number of Topliss-reactive ketones (excluding diaryl/α,β-unsaturated/α-hetero) is 8. The number of carbonyl (C=O) groups excluding carboxylic acids is 10. The number of furan rings is 1. The fourth-order valence-corrected chi connectivity index (χ4v) is 15.3. The summed E-state index contributed by atoms with van der Waals surface area (Å²) in [6, 6.07) is 0. The third-order valence-electron chi connectivity index (χ3n) is 19.2. The van der Waals surface area contributed by atoms with Gasteiger partial charge in [0.1, 0.15) is 17.3 Å². The average molecular weight is 2010 g/mol. The Morgan fingerprint density at radius 1 is 0.481 bits per heavy atom. The van der Waals surface area contributed by atoms with Crippen LogP contribution in [0.2, 0.25) is 0 Å². The minimum atomic E-state index is -1.04. The van der Waals surface area contributed by atoms with E-state index in [4.69, 9.17) is 55.8 Å². The summed E-state index contributed by atoms with van der Waals surface area (Å²) in [4.78, 5) is 135. The van der Waals surface area contributed by atoms with Crippen LogP contribution in [-0.2, 0) is 117 Å². The van der Waals surface area contributed by atoms with Crippen molar-refractivity contribution in [1.29, 1.82) is 0 Å². The van der Waals surface area contributed by atoms with Crippen molar-refractivity contribution in [3.63, 3.8) is 0 Å². The number of H-pyrrole nitrogens is 3. The first kappa shape index (κ1) is 94.8. The van der Waals surface area contributed by atoms with E-state index in [0.29, 0.717) is 73.8 Å². The summed E-state index contributed by atoms with van der Waals surface area (Å²) in [5, 5.41) is 19.0. The predicted octanol–water partition coefficient (Wildman–Crippen LogP) is 18.1. The molecule has 104 heavy (non-hydrogen) atoms. The number of fused-ring (bicyclic) bond motifs is 5. The molecule has 0 bridgehead atoms. The van der Waals surface area contributed by atoms with Crippen LogP contribution in [0, 0.1) is 51.8 Å². The van der Waals surface area contributed by atoms with Gasteiger partial charge in [0.25, 0.3) is 0 Å². The molecule has 1 saturated carbocycles. The average Bonchev–Trinajstić information content (AvgIpc) is 1.64. The van der Waals surface area contributed by atoms with Gasteiger partial charge in [-0.3, -0.25) is 38.4 Å². The number of aromatic carboxylic acids is 1. The van der Waals surface area contributed by atoms with Gasteiger partial charge in [0.2, 0.25) is 0 Å². The first-order valence-corrected chi connectivity index (χ1v) is 35.1. The number of amides is 2. The number of alkyl halides is 3. The topological polar surface area (TPSA) is 375 Å². The van der Waals surface area contributed by atoms with Crippen LogP contribution in [0.5, 0.6) is 0 Å². The van der Waals surface area contributed by atoms with Crippen LogP contribution in [0.25, 0.3) is 17.6 Å². The number of hydrogen-bond donors (Lipinski definition) is 5. The third-order valence-corrected chi connectivity index (χ3v) is 19.2. The molecule has 572 valence electrons. The monoisotopic (exact) mass is 2010 g/mol. The first-order valence-electron chi connectivity index (χ1n) is 33.8. The van der Waals surface area contributed by atoms with E-state index in [2.05, 4.69) is 56.5 Å². The Hall–Kier alpha value is -5.24. The Balaban J connectivity index is 0.000000407. The molecule has 8 aliphatic rings. The molecule has 0 saturated heterocycles. The Kier molecular flexibility index (Phi) is 33.1. The van der Waals surface area contributed by atoms with Crippen LogP contribution in [0.15, 0.2) is 46.6 Å². The Labute approximate surface area is 669 Å². The van der Waals surface area contributed by atoms with E-state index in [1.807, 2.05) is 82.5 Å². The van der Waals surface area contributed by atoms with Gasteiger partial charge >= 0.3 is 5.97 Å². The van der Waals surface area contributed by atoms with Crippen molar-refractivity contribution in [2.75, 3.05) is 0 Å². The van der Waals surface area contributed by atoms with Gasteiger partial charge in [0.15, 0.2) is 39.0 Å². The van der Waals surface area contributed by atoms with Crippen LogP contribution < -0.4 is 0 Å². The molecule has 1 atom stereocenters. The Morgan fingerprint density at radius 3 is 1.28 bits per heavy atom. The van der Waals surface area contributed by atoms with Crippen molar-refractivity contribution in [1.82, 2.24) is 19.5 Å². The number of aliphatic hydroxyl groups is 1. The number of carboxylic acid groups (broad SMARTS) is 1. The van der Waals surface area contributed by atoms with E-state index >= 15 is 0 Å². The second kappa shape index (κ2) is 36.3. The van der Waals surface area contributed by atoms with Gasteiger partial charge < -0.3 is 61.4 Å². The fraction of sp³-hybridized carbons (Fsp3) is 0.571. The molecule has 1 unspecified atom stereocenters. The van der Waals surface area contributed by atoms with Gasteiger partial charge in [0, 0.05) is 209 Å². The molecule has 8 aliphatic carbocycles. The van der Waals surface area contributed by atoms with Crippen LogP contribution in [0.1, 0.15) is 303 Å². The molecular formula is C77H103Cl3N7O14W3-3. The summed E-state index contributed by atoms with van der Waals surface area (Å²) in [7, 11) is 1.82. The maximum absolute atomic E-state index is 12.0. The van der Waals surface area contributed by atoms with Gasteiger partial charge in [-0.05, 0) is 115 Å². The zero-order valence-electron chi connectivity index (χ0n) is 63.2. The van der Waals surface area contributed by atoms with Crippen molar-refractivity contribution in [2.45, 2.75) is 237 Å². The number of nitrogens with two attached hydrogens (primary N) is 1. The van der Waals surface area contributed by atoms with Crippen LogP contribution in [0.3, 0.4) is 0 Å². The summed E-state index contributed by atoms with van der Waals surface area (Å²) in [5.74, 6) is -0.950. The molecule has 1 fully saturated rings. The van der Waals surface area contributed by atoms with Crippen molar-refractivity contribution in [3.05, 3.63) is 144 Å². The number of allylic oxidation sites excluding steroid dienone is 1. The number of nitrogens with zero attached hydrogens (tertiary/aromatic N) is 1. The molecule has 27 heteroatoms. The summed E-state index contributed by atoms with van der Waals surface area (Å²) in [5.41, 5.74) is 24.6. The van der Waals surface area contributed by atoms with Gasteiger partial charge in [-0.2, -0.15) is 0 Å². The molecule has 5 heterocycles. The number of carbonyl (C=O) groups is 11. The van der Waals surface area contributed by atoms with E-state index < -0.39 is 27.7 Å². The minimum Gasteiger partial charge on any atom is -0.693 e. The minimum absolute atomic E-state index is 0. The molecule has 0 spiro atoms. The Bertz CT molecular complexity index is 3930. The number of rotatable bonds is 3. The molecule has 0 radical (unpaired) electrons. The normalized spacial score (nSPS) is 20.8. The van der Waals surface area contributed by atoms with Gasteiger partial charge in [-0.1, -0.05) is 137 Å². The van der Waals surface area contributed by atoms with Crippen LogP contribution in [-0.4, -0.2) is 104 Å². The summed E-state index contributed by atoms with van der Waals surface area (Å²) in [6.07, 6.45) is 19.3. The number of aromatic amines is 3. The van der Waals surface area contributed by atoms with E-state index in [9.17, 15) is 57.8 Å². The number of aromatic nitrogens is 4.